The molecule has 18 heavy (non-hydrogen) atoms. The van der Waals surface area contributed by atoms with Gasteiger partial charge in [0.1, 0.15) is 0 Å². The number of hydrogen-bond donors (Lipinski definition) is 1. The third kappa shape index (κ3) is 1.98. The van der Waals surface area contributed by atoms with Gasteiger partial charge in [-0.3, -0.25) is 4.79 Å². The van der Waals surface area contributed by atoms with E-state index in [2.05, 4.69) is 22.5 Å². The molecule has 1 aliphatic carbocycles. The first-order chi connectivity index (χ1) is 8.65. The molecule has 1 aliphatic rings. The van der Waals surface area contributed by atoms with Crippen LogP contribution in [0.5, 0.6) is 0 Å². The highest BCUT2D eigenvalue weighted by molar-refractivity contribution is 5.72. The first kappa shape index (κ1) is 11.3. The molecule has 2 heterocycles. The molecule has 0 aliphatic heterocycles. The van der Waals surface area contributed by atoms with Gasteiger partial charge in [0.05, 0.1) is 11.2 Å². The predicted octanol–water partition coefficient (Wildman–Crippen LogP) is 1.88. The quantitative estimate of drug-likeness (QED) is 0.894. The Morgan fingerprint density at radius 1 is 1.61 bits per heavy atom. The lowest BCUT2D eigenvalue weighted by atomic mass is 10.1. The number of rotatable bonds is 3. The molecular formula is C14H17N3O. The normalized spacial score (nSPS) is 22.1. The number of pyridine rings is 1. The Kier molecular flexibility index (Phi) is 2.58. The molecule has 2 aromatic heterocycles. The highest BCUT2D eigenvalue weighted by Crippen LogP contribution is 2.48. The lowest BCUT2D eigenvalue weighted by Gasteiger charge is -2.04. The van der Waals surface area contributed by atoms with Crippen LogP contribution in [0.4, 0.5) is 0 Å². The summed E-state index contributed by atoms with van der Waals surface area (Å²) in [7, 11) is 0. The van der Waals surface area contributed by atoms with E-state index in [1.807, 2.05) is 23.7 Å². The van der Waals surface area contributed by atoms with Crippen LogP contribution in [-0.4, -0.2) is 22.1 Å². The van der Waals surface area contributed by atoms with E-state index in [0.717, 1.165) is 18.7 Å². The summed E-state index contributed by atoms with van der Waals surface area (Å²) in [6, 6.07) is 6.35. The van der Waals surface area contributed by atoms with Gasteiger partial charge in [0.25, 0.3) is 0 Å². The topological polar surface area (TPSA) is 46.4 Å². The lowest BCUT2D eigenvalue weighted by molar-refractivity contribution is -0.119. The van der Waals surface area contributed by atoms with Crippen LogP contribution in [0.2, 0.25) is 0 Å². The van der Waals surface area contributed by atoms with Crippen LogP contribution in [0.3, 0.4) is 0 Å². The first-order valence-corrected chi connectivity index (χ1v) is 6.34. The van der Waals surface area contributed by atoms with Gasteiger partial charge in [-0.1, -0.05) is 6.07 Å². The first-order valence-electron chi connectivity index (χ1n) is 6.34. The van der Waals surface area contributed by atoms with Gasteiger partial charge in [0, 0.05) is 19.7 Å². The molecule has 1 N–H and O–H groups in total. The molecule has 1 amide bonds. The largest absolute Gasteiger partial charge is 0.356 e. The van der Waals surface area contributed by atoms with Crippen molar-refractivity contribution in [3.8, 4) is 0 Å². The second kappa shape index (κ2) is 4.12. The summed E-state index contributed by atoms with van der Waals surface area (Å²) in [6.07, 6.45) is 3.14. The molecule has 4 nitrogen and oxygen atoms in total. The van der Waals surface area contributed by atoms with Gasteiger partial charge in [-0.2, -0.15) is 5.10 Å². The highest BCUT2D eigenvalue weighted by atomic mass is 16.1. The van der Waals surface area contributed by atoms with Crippen molar-refractivity contribution in [2.24, 2.45) is 5.92 Å². The second-order valence-electron chi connectivity index (χ2n) is 5.12. The summed E-state index contributed by atoms with van der Waals surface area (Å²) in [4.78, 5) is 10.9. The molecular weight excluding hydrogens is 226 g/mol. The molecule has 0 radical (unpaired) electrons. The van der Waals surface area contributed by atoms with Gasteiger partial charge in [-0.25, -0.2) is 4.52 Å². The minimum Gasteiger partial charge on any atom is -0.356 e. The summed E-state index contributed by atoms with van der Waals surface area (Å²) in [5, 5.41) is 7.33. The molecule has 3 rings (SSSR count). The molecule has 94 valence electrons. The van der Waals surface area contributed by atoms with Crippen LogP contribution in [0, 0.1) is 12.8 Å². The maximum Gasteiger partial charge on any atom is 0.216 e. The van der Waals surface area contributed by atoms with Crippen molar-refractivity contribution >= 4 is 11.4 Å². The smallest absolute Gasteiger partial charge is 0.216 e. The van der Waals surface area contributed by atoms with Crippen LogP contribution < -0.4 is 5.32 Å². The molecule has 1 saturated carbocycles. The van der Waals surface area contributed by atoms with Gasteiger partial charge < -0.3 is 5.32 Å². The molecule has 0 bridgehead atoms. The number of aromatic nitrogens is 2. The van der Waals surface area contributed by atoms with Crippen molar-refractivity contribution in [1.82, 2.24) is 14.9 Å². The van der Waals surface area contributed by atoms with Crippen molar-refractivity contribution in [2.45, 2.75) is 26.2 Å². The molecule has 2 atom stereocenters. The van der Waals surface area contributed by atoms with Crippen LogP contribution in [0.25, 0.3) is 5.52 Å². The summed E-state index contributed by atoms with van der Waals surface area (Å²) in [5.41, 5.74) is 3.60. The van der Waals surface area contributed by atoms with E-state index in [0.29, 0.717) is 11.8 Å². The maximum absolute atomic E-state index is 10.9. The number of nitrogens with one attached hydrogen (secondary N) is 1. The van der Waals surface area contributed by atoms with E-state index >= 15 is 0 Å². The van der Waals surface area contributed by atoms with Crippen molar-refractivity contribution in [1.29, 1.82) is 0 Å². The zero-order valence-electron chi connectivity index (χ0n) is 10.7. The van der Waals surface area contributed by atoms with Gasteiger partial charge in [0.2, 0.25) is 5.91 Å². The number of carbonyl (C=O) groups is 1. The van der Waals surface area contributed by atoms with Gasteiger partial charge in [-0.15, -0.1) is 0 Å². The Morgan fingerprint density at radius 3 is 3.22 bits per heavy atom. The summed E-state index contributed by atoms with van der Waals surface area (Å²) < 4.78 is 1.94. The number of fused-ring (bicyclic) bond motifs is 1. The van der Waals surface area contributed by atoms with E-state index in [-0.39, 0.29) is 5.91 Å². The van der Waals surface area contributed by atoms with Crippen molar-refractivity contribution in [3.05, 3.63) is 35.7 Å². The van der Waals surface area contributed by atoms with Crippen molar-refractivity contribution in [2.75, 3.05) is 6.54 Å². The van der Waals surface area contributed by atoms with Gasteiger partial charge in [-0.05, 0) is 42.9 Å². The fourth-order valence-corrected chi connectivity index (χ4v) is 2.60. The Balaban J connectivity index is 1.81. The molecule has 0 unspecified atom stereocenters. The average molecular weight is 243 g/mol. The molecule has 2 aromatic rings. The van der Waals surface area contributed by atoms with E-state index in [1.54, 1.807) is 6.92 Å². The van der Waals surface area contributed by atoms with Crippen LogP contribution in [0.15, 0.2) is 24.4 Å². The molecule has 4 heteroatoms. The fraction of sp³-hybridized carbons (Fsp3) is 0.429. The number of hydrogen-bond acceptors (Lipinski definition) is 2. The molecule has 1 fully saturated rings. The van der Waals surface area contributed by atoms with Crippen LogP contribution in [0.1, 0.15) is 30.5 Å². The van der Waals surface area contributed by atoms with Crippen molar-refractivity contribution < 1.29 is 4.79 Å². The second-order valence-corrected chi connectivity index (χ2v) is 5.12. The zero-order chi connectivity index (χ0) is 12.7. The third-order valence-electron chi connectivity index (χ3n) is 3.59. The fourth-order valence-electron chi connectivity index (χ4n) is 2.60. The SMILES string of the molecule is CC(=O)NC[C@@H]1C[C@H]1c1cccn2nc(C)cc12. The Bertz CT molecular complexity index is 602. The van der Waals surface area contributed by atoms with E-state index in [4.69, 9.17) is 0 Å². The predicted molar refractivity (Wildman–Crippen MR) is 69.5 cm³/mol. The number of aryl methyl sites for hydroxylation is 1. The molecule has 0 spiro atoms. The molecule has 0 aromatic carbocycles. The van der Waals surface area contributed by atoms with E-state index in [1.165, 1.54) is 11.1 Å². The summed E-state index contributed by atoms with van der Waals surface area (Å²) in [5.74, 6) is 1.20. The number of carbonyl (C=O) groups excluding carboxylic acids is 1. The Hall–Kier alpha value is -1.84. The van der Waals surface area contributed by atoms with Crippen molar-refractivity contribution in [3.63, 3.8) is 0 Å². The number of amides is 1. The van der Waals surface area contributed by atoms with Gasteiger partial charge >= 0.3 is 0 Å². The zero-order valence-corrected chi connectivity index (χ0v) is 10.7. The minimum atomic E-state index is 0.0547. The third-order valence-corrected chi connectivity index (χ3v) is 3.59. The Morgan fingerprint density at radius 2 is 2.44 bits per heavy atom. The van der Waals surface area contributed by atoms with Crippen LogP contribution >= 0.6 is 0 Å². The molecule has 0 saturated heterocycles. The standard InChI is InChI=1S/C14H17N3O/c1-9-6-14-12(4-3-5-17(14)16-9)13-7-11(13)8-15-10(2)18/h3-6,11,13H,7-8H2,1-2H3,(H,15,18)/t11-,13+/m0/s1. The summed E-state index contributed by atoms with van der Waals surface area (Å²) in [6.45, 7) is 4.37. The lowest BCUT2D eigenvalue weighted by Crippen LogP contribution is -2.22. The highest BCUT2D eigenvalue weighted by Gasteiger charge is 2.39. The summed E-state index contributed by atoms with van der Waals surface area (Å²) >= 11 is 0. The van der Waals surface area contributed by atoms with E-state index in [9.17, 15) is 4.79 Å². The van der Waals surface area contributed by atoms with E-state index < -0.39 is 0 Å². The maximum atomic E-state index is 10.9. The monoisotopic (exact) mass is 243 g/mol. The van der Waals surface area contributed by atoms with Crippen LogP contribution in [-0.2, 0) is 4.79 Å². The Labute approximate surface area is 106 Å². The van der Waals surface area contributed by atoms with Gasteiger partial charge in [0.15, 0.2) is 0 Å². The number of nitrogens with zero attached hydrogens (tertiary/aromatic N) is 2. The average Bonchev–Trinajstić information content (AvgIpc) is 2.98. The minimum absolute atomic E-state index is 0.0547.